The summed E-state index contributed by atoms with van der Waals surface area (Å²) in [4.78, 5) is 19.8. The Kier molecular flexibility index (Phi) is 5.07. The number of nitrogens with zero attached hydrogens (tertiary/aromatic N) is 6. The van der Waals surface area contributed by atoms with Crippen molar-refractivity contribution in [2.75, 3.05) is 31.1 Å². The minimum Gasteiger partial charge on any atom is -0.477 e. The van der Waals surface area contributed by atoms with E-state index in [1.807, 2.05) is 6.07 Å². The normalized spacial score (nSPS) is 20.9. The van der Waals surface area contributed by atoms with Gasteiger partial charge >= 0.3 is 5.97 Å². The van der Waals surface area contributed by atoms with Gasteiger partial charge in [0.2, 0.25) is 0 Å². The summed E-state index contributed by atoms with van der Waals surface area (Å²) in [5.41, 5.74) is 0.993. The maximum absolute atomic E-state index is 11.2. The predicted octanol–water partition coefficient (Wildman–Crippen LogP) is 1.89. The van der Waals surface area contributed by atoms with Crippen LogP contribution in [0.4, 0.5) is 5.69 Å². The lowest BCUT2D eigenvalue weighted by Gasteiger charge is -2.34. The van der Waals surface area contributed by atoms with Crippen molar-refractivity contribution in [1.29, 1.82) is 0 Å². The standard InChI is InChI=1S/C19H26N6O2/c1-23-17(13-24-8-2-3-9-24)21-22-18(23)14-5-4-10-25(12-14)15-6-7-20-16(11-15)19(26)27/h6-7,11,14H,2-5,8-10,12-13H2,1H3,(H,26,27). The quantitative estimate of drug-likeness (QED) is 0.860. The number of rotatable bonds is 5. The van der Waals surface area contributed by atoms with Crippen LogP contribution in [0.2, 0.25) is 0 Å². The molecule has 0 aliphatic carbocycles. The Hall–Kier alpha value is -2.48. The molecular weight excluding hydrogens is 344 g/mol. The summed E-state index contributed by atoms with van der Waals surface area (Å²) in [6.07, 6.45) is 6.23. The van der Waals surface area contributed by atoms with Gasteiger partial charge in [0.1, 0.15) is 17.3 Å². The van der Waals surface area contributed by atoms with E-state index in [9.17, 15) is 9.90 Å². The number of carboxylic acid groups (broad SMARTS) is 1. The third kappa shape index (κ3) is 3.80. The molecule has 0 amide bonds. The molecule has 4 heterocycles. The molecule has 2 saturated heterocycles. The SMILES string of the molecule is Cn1c(CN2CCCC2)nnc1C1CCCN(c2ccnc(C(=O)O)c2)C1. The molecule has 1 unspecified atom stereocenters. The van der Waals surface area contributed by atoms with Gasteiger partial charge in [-0.2, -0.15) is 0 Å². The van der Waals surface area contributed by atoms with Gasteiger partial charge in [-0.15, -0.1) is 10.2 Å². The second-order valence-electron chi connectivity index (χ2n) is 7.51. The fourth-order valence-electron chi connectivity index (χ4n) is 4.16. The first-order valence-corrected chi connectivity index (χ1v) is 9.66. The van der Waals surface area contributed by atoms with Gasteiger partial charge in [0.15, 0.2) is 0 Å². The smallest absolute Gasteiger partial charge is 0.354 e. The number of piperidine rings is 1. The Balaban J connectivity index is 1.49. The van der Waals surface area contributed by atoms with Crippen LogP contribution in [0.5, 0.6) is 0 Å². The molecule has 27 heavy (non-hydrogen) atoms. The molecule has 8 heteroatoms. The highest BCUT2D eigenvalue weighted by Crippen LogP contribution is 2.29. The Bertz CT molecular complexity index is 814. The third-order valence-electron chi connectivity index (χ3n) is 5.68. The van der Waals surface area contributed by atoms with Crippen LogP contribution in [-0.2, 0) is 13.6 Å². The zero-order valence-corrected chi connectivity index (χ0v) is 15.7. The summed E-state index contributed by atoms with van der Waals surface area (Å²) in [5.74, 6) is 1.36. The Morgan fingerprint density at radius 2 is 2.04 bits per heavy atom. The zero-order valence-electron chi connectivity index (χ0n) is 15.7. The minimum absolute atomic E-state index is 0.0844. The van der Waals surface area contributed by atoms with Crippen LogP contribution in [0, 0.1) is 0 Å². The molecule has 2 fully saturated rings. The zero-order chi connectivity index (χ0) is 18.8. The second-order valence-corrected chi connectivity index (χ2v) is 7.51. The molecule has 1 atom stereocenters. The van der Waals surface area contributed by atoms with E-state index in [1.54, 1.807) is 12.3 Å². The van der Waals surface area contributed by atoms with E-state index in [-0.39, 0.29) is 5.69 Å². The monoisotopic (exact) mass is 370 g/mol. The van der Waals surface area contributed by atoms with Crippen molar-refractivity contribution in [2.45, 2.75) is 38.1 Å². The lowest BCUT2D eigenvalue weighted by molar-refractivity contribution is 0.0690. The summed E-state index contributed by atoms with van der Waals surface area (Å²) < 4.78 is 2.15. The highest BCUT2D eigenvalue weighted by molar-refractivity contribution is 5.86. The van der Waals surface area contributed by atoms with Gasteiger partial charge < -0.3 is 14.6 Å². The summed E-state index contributed by atoms with van der Waals surface area (Å²) in [6, 6.07) is 3.53. The number of carbonyl (C=O) groups is 1. The molecule has 2 aromatic rings. The van der Waals surface area contributed by atoms with Gasteiger partial charge in [0.05, 0.1) is 6.54 Å². The Morgan fingerprint density at radius 3 is 2.81 bits per heavy atom. The van der Waals surface area contributed by atoms with Crippen molar-refractivity contribution in [2.24, 2.45) is 7.05 Å². The summed E-state index contributed by atoms with van der Waals surface area (Å²) >= 11 is 0. The van der Waals surface area contributed by atoms with Crippen LogP contribution in [0.3, 0.4) is 0 Å². The molecule has 0 spiro atoms. The van der Waals surface area contributed by atoms with Gasteiger partial charge in [0, 0.05) is 37.9 Å². The first-order valence-electron chi connectivity index (χ1n) is 9.66. The van der Waals surface area contributed by atoms with E-state index in [0.717, 1.165) is 62.9 Å². The average Bonchev–Trinajstić information content (AvgIpc) is 3.33. The van der Waals surface area contributed by atoms with E-state index in [1.165, 1.54) is 12.8 Å². The van der Waals surface area contributed by atoms with Crippen LogP contribution >= 0.6 is 0 Å². The van der Waals surface area contributed by atoms with Crippen molar-refractivity contribution in [3.8, 4) is 0 Å². The van der Waals surface area contributed by atoms with E-state index in [0.29, 0.717) is 5.92 Å². The molecule has 8 nitrogen and oxygen atoms in total. The number of carboxylic acids is 1. The maximum Gasteiger partial charge on any atom is 0.354 e. The highest BCUT2D eigenvalue weighted by atomic mass is 16.4. The lowest BCUT2D eigenvalue weighted by atomic mass is 9.96. The summed E-state index contributed by atoms with van der Waals surface area (Å²) in [7, 11) is 2.06. The van der Waals surface area contributed by atoms with E-state index < -0.39 is 5.97 Å². The number of aromatic nitrogens is 4. The van der Waals surface area contributed by atoms with Crippen LogP contribution in [0.15, 0.2) is 18.3 Å². The number of likely N-dealkylation sites (tertiary alicyclic amines) is 1. The van der Waals surface area contributed by atoms with Gasteiger partial charge in [0.25, 0.3) is 0 Å². The molecule has 2 aromatic heterocycles. The van der Waals surface area contributed by atoms with Crippen LogP contribution in [-0.4, -0.2) is 61.9 Å². The minimum atomic E-state index is -0.995. The van der Waals surface area contributed by atoms with Crippen molar-refractivity contribution < 1.29 is 9.90 Å². The molecule has 4 rings (SSSR count). The topological polar surface area (TPSA) is 87.4 Å². The molecule has 0 radical (unpaired) electrons. The molecule has 2 aliphatic heterocycles. The number of aromatic carboxylic acids is 1. The molecule has 0 saturated carbocycles. The number of anilines is 1. The maximum atomic E-state index is 11.2. The molecular formula is C19H26N6O2. The van der Waals surface area contributed by atoms with Gasteiger partial charge in [-0.1, -0.05) is 0 Å². The van der Waals surface area contributed by atoms with E-state index in [4.69, 9.17) is 0 Å². The fourth-order valence-corrected chi connectivity index (χ4v) is 4.16. The first kappa shape index (κ1) is 17.9. The lowest BCUT2D eigenvalue weighted by Crippen LogP contribution is -2.35. The highest BCUT2D eigenvalue weighted by Gasteiger charge is 2.27. The van der Waals surface area contributed by atoms with E-state index in [2.05, 4.69) is 36.6 Å². The second kappa shape index (κ2) is 7.64. The average molecular weight is 370 g/mol. The molecule has 1 N–H and O–H groups in total. The summed E-state index contributed by atoms with van der Waals surface area (Å²) in [6.45, 7) is 4.89. The largest absolute Gasteiger partial charge is 0.477 e. The Labute approximate surface area is 158 Å². The number of hydrogen-bond donors (Lipinski definition) is 1. The van der Waals surface area contributed by atoms with Crippen molar-refractivity contribution in [3.05, 3.63) is 35.7 Å². The molecule has 0 bridgehead atoms. The van der Waals surface area contributed by atoms with Crippen molar-refractivity contribution >= 4 is 11.7 Å². The van der Waals surface area contributed by atoms with Crippen molar-refractivity contribution in [1.82, 2.24) is 24.6 Å². The number of hydrogen-bond acceptors (Lipinski definition) is 6. The van der Waals surface area contributed by atoms with E-state index >= 15 is 0 Å². The van der Waals surface area contributed by atoms with Crippen LogP contribution in [0.25, 0.3) is 0 Å². The Morgan fingerprint density at radius 1 is 1.22 bits per heavy atom. The first-order chi connectivity index (χ1) is 13.1. The molecule has 144 valence electrons. The van der Waals surface area contributed by atoms with Gasteiger partial charge in [-0.05, 0) is 50.9 Å². The summed E-state index contributed by atoms with van der Waals surface area (Å²) in [5, 5.41) is 18.2. The van der Waals surface area contributed by atoms with Crippen LogP contribution < -0.4 is 4.90 Å². The predicted molar refractivity (Wildman–Crippen MR) is 101 cm³/mol. The number of pyridine rings is 1. The molecule has 0 aromatic carbocycles. The van der Waals surface area contributed by atoms with Crippen LogP contribution in [0.1, 0.15) is 53.7 Å². The van der Waals surface area contributed by atoms with Gasteiger partial charge in [-0.25, -0.2) is 9.78 Å². The third-order valence-corrected chi connectivity index (χ3v) is 5.68. The van der Waals surface area contributed by atoms with Crippen molar-refractivity contribution in [3.63, 3.8) is 0 Å². The fraction of sp³-hybridized carbons (Fsp3) is 0.579. The van der Waals surface area contributed by atoms with Gasteiger partial charge in [-0.3, -0.25) is 4.90 Å². The molecule has 2 aliphatic rings.